The number of hydrogen-bond acceptors (Lipinski definition) is 5. The van der Waals surface area contributed by atoms with Crippen LogP contribution in [0, 0.1) is 0 Å². The minimum atomic E-state index is -3.61. The summed E-state index contributed by atoms with van der Waals surface area (Å²) in [6, 6.07) is 6.45. The molecule has 6 nitrogen and oxygen atoms in total. The van der Waals surface area contributed by atoms with Crippen molar-refractivity contribution in [2.75, 3.05) is 19.5 Å². The van der Waals surface area contributed by atoms with E-state index in [0.29, 0.717) is 12.1 Å². The number of methoxy groups -OCH3 is 1. The van der Waals surface area contributed by atoms with E-state index in [4.69, 9.17) is 4.74 Å². The van der Waals surface area contributed by atoms with Gasteiger partial charge in [-0.25, -0.2) is 17.9 Å². The topological polar surface area (TPSA) is 84.5 Å². The van der Waals surface area contributed by atoms with Crippen molar-refractivity contribution in [3.63, 3.8) is 0 Å². The van der Waals surface area contributed by atoms with Gasteiger partial charge in [-0.1, -0.05) is 25.5 Å². The van der Waals surface area contributed by atoms with Crippen molar-refractivity contribution in [2.24, 2.45) is 0 Å². The smallest absolute Gasteiger partial charge is 0.331 e. The highest BCUT2D eigenvalue weighted by molar-refractivity contribution is 7.89. The third kappa shape index (κ3) is 3.95. The molecule has 1 atom stereocenters. The highest BCUT2D eigenvalue weighted by Crippen LogP contribution is 2.27. The summed E-state index contributed by atoms with van der Waals surface area (Å²) in [5, 5.41) is 3.02. The molecule has 0 heterocycles. The van der Waals surface area contributed by atoms with E-state index in [1.54, 1.807) is 25.1 Å². The third-order valence-electron chi connectivity index (χ3n) is 3.24. The standard InChI is InChI=1S/C14H22N2O4S/c1-5-10-14(2,13(17)20-4)16-11-8-6-7-9-12(11)21(18,19)15-3/h6-9,15-16H,5,10H2,1-4H3. The van der Waals surface area contributed by atoms with E-state index < -0.39 is 21.5 Å². The summed E-state index contributed by atoms with van der Waals surface area (Å²) < 4.78 is 31.2. The lowest BCUT2D eigenvalue weighted by molar-refractivity contribution is -0.145. The molecule has 0 spiro atoms. The van der Waals surface area contributed by atoms with Gasteiger partial charge >= 0.3 is 5.97 Å². The van der Waals surface area contributed by atoms with Gasteiger partial charge in [-0.3, -0.25) is 0 Å². The van der Waals surface area contributed by atoms with Gasteiger partial charge in [0.2, 0.25) is 10.0 Å². The number of nitrogens with one attached hydrogen (secondary N) is 2. The first kappa shape index (κ1) is 17.5. The minimum Gasteiger partial charge on any atom is -0.467 e. The largest absolute Gasteiger partial charge is 0.467 e. The maximum atomic E-state index is 12.0. The van der Waals surface area contributed by atoms with Gasteiger partial charge in [-0.15, -0.1) is 0 Å². The molecule has 0 aliphatic heterocycles. The van der Waals surface area contributed by atoms with Crippen LogP contribution in [0.15, 0.2) is 29.2 Å². The van der Waals surface area contributed by atoms with Gasteiger partial charge in [-0.05, 0) is 32.5 Å². The SMILES string of the molecule is CCCC(C)(Nc1ccccc1S(=O)(=O)NC)C(=O)OC. The van der Waals surface area contributed by atoms with Crippen molar-refractivity contribution >= 4 is 21.7 Å². The summed E-state index contributed by atoms with van der Waals surface area (Å²) in [5.74, 6) is -0.430. The number of rotatable bonds is 7. The van der Waals surface area contributed by atoms with Crippen LogP contribution in [0.1, 0.15) is 26.7 Å². The zero-order chi connectivity index (χ0) is 16.1. The first-order valence-corrected chi connectivity index (χ1v) is 8.18. The molecule has 0 bridgehead atoms. The van der Waals surface area contributed by atoms with Crippen LogP contribution >= 0.6 is 0 Å². The number of benzene rings is 1. The molecule has 118 valence electrons. The number of para-hydroxylation sites is 1. The van der Waals surface area contributed by atoms with Crippen LogP contribution in [0.25, 0.3) is 0 Å². The van der Waals surface area contributed by atoms with Gasteiger partial charge in [0.05, 0.1) is 12.8 Å². The molecule has 0 fully saturated rings. The Morgan fingerprint density at radius 2 is 1.95 bits per heavy atom. The monoisotopic (exact) mass is 314 g/mol. The molecule has 1 aromatic rings. The van der Waals surface area contributed by atoms with Crippen LogP contribution in [-0.4, -0.2) is 34.1 Å². The average molecular weight is 314 g/mol. The van der Waals surface area contributed by atoms with E-state index in [0.717, 1.165) is 6.42 Å². The zero-order valence-corrected chi connectivity index (χ0v) is 13.6. The summed E-state index contributed by atoms with van der Waals surface area (Å²) in [4.78, 5) is 12.1. The number of anilines is 1. The maximum absolute atomic E-state index is 12.0. The number of sulfonamides is 1. The van der Waals surface area contributed by atoms with Crippen LogP contribution in [0.3, 0.4) is 0 Å². The average Bonchev–Trinajstić information content (AvgIpc) is 2.47. The van der Waals surface area contributed by atoms with E-state index in [1.807, 2.05) is 6.92 Å². The maximum Gasteiger partial charge on any atom is 0.331 e. The Labute approximate surface area is 125 Å². The Balaban J connectivity index is 3.26. The van der Waals surface area contributed by atoms with E-state index in [2.05, 4.69) is 10.0 Å². The van der Waals surface area contributed by atoms with E-state index in [9.17, 15) is 13.2 Å². The number of carbonyl (C=O) groups excluding carboxylic acids is 1. The van der Waals surface area contributed by atoms with Crippen LogP contribution in [0.5, 0.6) is 0 Å². The predicted molar refractivity (Wildman–Crippen MR) is 81.6 cm³/mol. The molecule has 1 unspecified atom stereocenters. The highest BCUT2D eigenvalue weighted by atomic mass is 32.2. The third-order valence-corrected chi connectivity index (χ3v) is 4.71. The van der Waals surface area contributed by atoms with Crippen molar-refractivity contribution in [2.45, 2.75) is 37.1 Å². The molecule has 7 heteroatoms. The lowest BCUT2D eigenvalue weighted by atomic mass is 9.95. The lowest BCUT2D eigenvalue weighted by Gasteiger charge is -2.29. The summed E-state index contributed by atoms with van der Waals surface area (Å²) in [6.45, 7) is 3.64. The van der Waals surface area contributed by atoms with Gasteiger partial charge in [0.15, 0.2) is 0 Å². The first-order chi connectivity index (χ1) is 9.80. The van der Waals surface area contributed by atoms with E-state index in [1.165, 1.54) is 20.2 Å². The Morgan fingerprint density at radius 1 is 1.33 bits per heavy atom. The molecule has 2 N–H and O–H groups in total. The molecule has 0 amide bonds. The molecular formula is C14H22N2O4S. The molecule has 0 aliphatic carbocycles. The Hall–Kier alpha value is -1.60. The second-order valence-corrected chi connectivity index (χ2v) is 6.76. The molecular weight excluding hydrogens is 292 g/mol. The fourth-order valence-electron chi connectivity index (χ4n) is 2.15. The molecule has 0 aromatic heterocycles. The van der Waals surface area contributed by atoms with Crippen molar-refractivity contribution < 1.29 is 17.9 Å². The van der Waals surface area contributed by atoms with Crippen molar-refractivity contribution in [3.8, 4) is 0 Å². The van der Waals surface area contributed by atoms with Crippen LogP contribution in [0.4, 0.5) is 5.69 Å². The Morgan fingerprint density at radius 3 is 2.48 bits per heavy atom. The fraction of sp³-hybridized carbons (Fsp3) is 0.500. The van der Waals surface area contributed by atoms with Crippen LogP contribution < -0.4 is 10.0 Å². The second kappa shape index (κ2) is 6.91. The lowest BCUT2D eigenvalue weighted by Crippen LogP contribution is -2.44. The minimum absolute atomic E-state index is 0.0960. The Kier molecular flexibility index (Phi) is 5.74. The highest BCUT2D eigenvalue weighted by Gasteiger charge is 2.34. The van der Waals surface area contributed by atoms with Gasteiger partial charge in [0.1, 0.15) is 10.4 Å². The summed E-state index contributed by atoms with van der Waals surface area (Å²) in [5.41, 5.74) is -0.615. The van der Waals surface area contributed by atoms with Gasteiger partial charge in [0, 0.05) is 0 Å². The number of carbonyl (C=O) groups is 1. The van der Waals surface area contributed by atoms with Gasteiger partial charge in [-0.2, -0.15) is 0 Å². The predicted octanol–water partition coefficient (Wildman–Crippen LogP) is 1.74. The second-order valence-electron chi connectivity index (χ2n) is 4.90. The molecule has 21 heavy (non-hydrogen) atoms. The quantitative estimate of drug-likeness (QED) is 0.749. The van der Waals surface area contributed by atoms with Crippen molar-refractivity contribution in [1.29, 1.82) is 0 Å². The summed E-state index contributed by atoms with van der Waals surface area (Å²) in [7, 11) is -0.955. The van der Waals surface area contributed by atoms with Crippen LogP contribution in [-0.2, 0) is 19.6 Å². The van der Waals surface area contributed by atoms with Crippen LogP contribution in [0.2, 0.25) is 0 Å². The van der Waals surface area contributed by atoms with Gasteiger partial charge in [0.25, 0.3) is 0 Å². The molecule has 1 aromatic carbocycles. The molecule has 0 saturated carbocycles. The number of ether oxygens (including phenoxy) is 1. The summed E-state index contributed by atoms with van der Waals surface area (Å²) >= 11 is 0. The number of esters is 1. The van der Waals surface area contributed by atoms with Crippen molar-refractivity contribution in [3.05, 3.63) is 24.3 Å². The fourth-order valence-corrected chi connectivity index (χ4v) is 3.04. The van der Waals surface area contributed by atoms with E-state index in [-0.39, 0.29) is 4.90 Å². The van der Waals surface area contributed by atoms with Gasteiger partial charge < -0.3 is 10.1 Å². The zero-order valence-electron chi connectivity index (χ0n) is 12.8. The summed E-state index contributed by atoms with van der Waals surface area (Å²) in [6.07, 6.45) is 1.27. The molecule has 0 saturated heterocycles. The van der Waals surface area contributed by atoms with Crippen molar-refractivity contribution in [1.82, 2.24) is 4.72 Å². The molecule has 0 aliphatic rings. The van der Waals surface area contributed by atoms with E-state index >= 15 is 0 Å². The molecule has 0 radical (unpaired) electrons. The Bertz CT molecular complexity index is 601. The first-order valence-electron chi connectivity index (χ1n) is 6.70. The molecule has 1 rings (SSSR count). The normalized spacial score (nSPS) is 14.3. The number of hydrogen-bond donors (Lipinski definition) is 2.